The monoisotopic (exact) mass is 393 g/mol. The number of amides is 1. The summed E-state index contributed by atoms with van der Waals surface area (Å²) in [5.74, 6) is -0.353. The maximum Gasteiger partial charge on any atom is 0.273 e. The summed E-state index contributed by atoms with van der Waals surface area (Å²) in [6.45, 7) is 1.88. The number of benzene rings is 1. The molecule has 2 N–H and O–H groups in total. The smallest absolute Gasteiger partial charge is 0.273 e. The van der Waals surface area contributed by atoms with Crippen molar-refractivity contribution in [2.45, 2.75) is 17.2 Å². The predicted octanol–water partition coefficient (Wildman–Crippen LogP) is 3.50. The molecule has 0 aliphatic rings. The van der Waals surface area contributed by atoms with Crippen LogP contribution in [0.3, 0.4) is 0 Å². The standard InChI is InChI=1S/C16H15N3O3S3/c1-11(12-6-3-2-4-7-12)17-15(20)13-10-24-16(18-13)19-25(21,22)14-8-5-9-23-14/h2-11H,1H3,(H,17,20)(H,18,19)/t11-/m1/s1. The van der Waals surface area contributed by atoms with Crippen LogP contribution in [0.1, 0.15) is 29.0 Å². The molecule has 130 valence electrons. The molecule has 0 saturated heterocycles. The van der Waals surface area contributed by atoms with Crippen LogP contribution in [0, 0.1) is 0 Å². The van der Waals surface area contributed by atoms with Gasteiger partial charge < -0.3 is 5.32 Å². The number of carbonyl (C=O) groups is 1. The van der Waals surface area contributed by atoms with Crippen molar-refractivity contribution < 1.29 is 13.2 Å². The van der Waals surface area contributed by atoms with Crippen molar-refractivity contribution in [2.24, 2.45) is 0 Å². The maximum absolute atomic E-state index is 12.3. The highest BCUT2D eigenvalue weighted by Crippen LogP contribution is 2.23. The highest BCUT2D eigenvalue weighted by Gasteiger charge is 2.19. The van der Waals surface area contributed by atoms with Crippen molar-refractivity contribution in [2.75, 3.05) is 4.72 Å². The molecule has 0 saturated carbocycles. The first-order valence-corrected chi connectivity index (χ1v) is 10.6. The number of nitrogens with one attached hydrogen (secondary N) is 2. The molecule has 25 heavy (non-hydrogen) atoms. The molecule has 0 radical (unpaired) electrons. The van der Waals surface area contributed by atoms with Gasteiger partial charge in [0.15, 0.2) is 5.13 Å². The van der Waals surface area contributed by atoms with Gasteiger partial charge in [0.25, 0.3) is 15.9 Å². The van der Waals surface area contributed by atoms with Gasteiger partial charge in [0.05, 0.1) is 6.04 Å². The third-order valence-corrected chi connectivity index (χ3v) is 6.99. The summed E-state index contributed by atoms with van der Waals surface area (Å²) in [5.41, 5.74) is 1.15. The van der Waals surface area contributed by atoms with Crippen molar-refractivity contribution in [3.8, 4) is 0 Å². The number of anilines is 1. The Morgan fingerprint density at radius 2 is 1.88 bits per heavy atom. The number of nitrogens with zero attached hydrogens (tertiary/aromatic N) is 1. The molecular weight excluding hydrogens is 378 g/mol. The number of hydrogen-bond donors (Lipinski definition) is 2. The second kappa shape index (κ2) is 7.34. The lowest BCUT2D eigenvalue weighted by Gasteiger charge is -2.13. The number of carbonyl (C=O) groups excluding carboxylic acids is 1. The second-order valence-electron chi connectivity index (χ2n) is 5.18. The Balaban J connectivity index is 1.68. The summed E-state index contributed by atoms with van der Waals surface area (Å²) in [6.07, 6.45) is 0. The third-order valence-electron chi connectivity index (χ3n) is 3.37. The Bertz CT molecular complexity index is 951. The van der Waals surface area contributed by atoms with Crippen LogP contribution in [0.4, 0.5) is 5.13 Å². The Labute approximate surface area is 153 Å². The summed E-state index contributed by atoms with van der Waals surface area (Å²) >= 11 is 2.18. The van der Waals surface area contributed by atoms with E-state index in [2.05, 4.69) is 15.0 Å². The molecule has 0 unspecified atom stereocenters. The first-order valence-electron chi connectivity index (χ1n) is 7.33. The molecule has 0 bridgehead atoms. The number of sulfonamides is 1. The van der Waals surface area contributed by atoms with Crippen LogP contribution in [-0.2, 0) is 10.0 Å². The van der Waals surface area contributed by atoms with E-state index < -0.39 is 10.0 Å². The van der Waals surface area contributed by atoms with Gasteiger partial charge in [-0.25, -0.2) is 13.4 Å². The zero-order chi connectivity index (χ0) is 17.9. The van der Waals surface area contributed by atoms with Crippen LogP contribution in [0.2, 0.25) is 0 Å². The fourth-order valence-electron chi connectivity index (χ4n) is 2.10. The molecule has 0 fully saturated rings. The number of thiophene rings is 1. The molecule has 0 aliphatic heterocycles. The lowest BCUT2D eigenvalue weighted by molar-refractivity contribution is 0.0935. The van der Waals surface area contributed by atoms with E-state index in [9.17, 15) is 13.2 Å². The van der Waals surface area contributed by atoms with E-state index in [0.717, 1.165) is 28.2 Å². The van der Waals surface area contributed by atoms with E-state index in [-0.39, 0.29) is 27.0 Å². The van der Waals surface area contributed by atoms with Gasteiger partial charge in [-0.3, -0.25) is 9.52 Å². The summed E-state index contributed by atoms with van der Waals surface area (Å²) in [4.78, 5) is 16.4. The average molecular weight is 394 g/mol. The Hall–Kier alpha value is -2.23. The highest BCUT2D eigenvalue weighted by atomic mass is 32.2. The number of hydrogen-bond acceptors (Lipinski definition) is 6. The topological polar surface area (TPSA) is 88.2 Å². The molecule has 3 aromatic rings. The number of thiazole rings is 1. The van der Waals surface area contributed by atoms with E-state index in [1.54, 1.807) is 11.4 Å². The normalized spacial score (nSPS) is 12.5. The fraction of sp³-hybridized carbons (Fsp3) is 0.125. The fourth-order valence-corrected chi connectivity index (χ4v) is 5.04. The van der Waals surface area contributed by atoms with E-state index in [0.29, 0.717) is 0 Å². The average Bonchev–Trinajstić information content (AvgIpc) is 3.27. The summed E-state index contributed by atoms with van der Waals surface area (Å²) in [7, 11) is -3.66. The maximum atomic E-state index is 12.3. The first-order chi connectivity index (χ1) is 12.0. The minimum Gasteiger partial charge on any atom is -0.344 e. The molecule has 3 rings (SSSR count). The molecule has 0 spiro atoms. The Kier molecular flexibility index (Phi) is 5.16. The van der Waals surface area contributed by atoms with Gasteiger partial charge in [0, 0.05) is 5.38 Å². The van der Waals surface area contributed by atoms with Gasteiger partial charge in [0.2, 0.25) is 0 Å². The first kappa shape index (κ1) is 17.6. The van der Waals surface area contributed by atoms with E-state index in [1.807, 2.05) is 37.3 Å². The number of aromatic nitrogens is 1. The molecule has 2 aromatic heterocycles. The zero-order valence-electron chi connectivity index (χ0n) is 13.2. The second-order valence-corrected chi connectivity index (χ2v) is 8.90. The Morgan fingerprint density at radius 3 is 2.56 bits per heavy atom. The molecule has 1 atom stereocenters. The summed E-state index contributed by atoms with van der Waals surface area (Å²) in [5, 5.41) is 6.21. The van der Waals surface area contributed by atoms with E-state index >= 15 is 0 Å². The van der Waals surface area contributed by atoms with Crippen molar-refractivity contribution >= 4 is 43.7 Å². The molecular formula is C16H15N3O3S3. The van der Waals surface area contributed by atoms with Crippen molar-refractivity contribution in [1.82, 2.24) is 10.3 Å². The van der Waals surface area contributed by atoms with Crippen LogP contribution in [0.5, 0.6) is 0 Å². The van der Waals surface area contributed by atoms with Crippen molar-refractivity contribution in [3.63, 3.8) is 0 Å². The van der Waals surface area contributed by atoms with Crippen LogP contribution in [0.15, 0.2) is 57.4 Å². The Morgan fingerprint density at radius 1 is 1.12 bits per heavy atom. The largest absolute Gasteiger partial charge is 0.344 e. The van der Waals surface area contributed by atoms with Crippen molar-refractivity contribution in [1.29, 1.82) is 0 Å². The van der Waals surface area contributed by atoms with Gasteiger partial charge in [-0.1, -0.05) is 36.4 Å². The SMILES string of the molecule is C[C@@H](NC(=O)c1csc(NS(=O)(=O)c2cccs2)n1)c1ccccc1. The minimum absolute atomic E-state index is 0.158. The molecule has 1 aromatic carbocycles. The van der Waals surface area contributed by atoms with E-state index in [4.69, 9.17) is 0 Å². The predicted molar refractivity (Wildman–Crippen MR) is 99.6 cm³/mol. The summed E-state index contributed by atoms with van der Waals surface area (Å²) in [6, 6.07) is 12.5. The van der Waals surface area contributed by atoms with Gasteiger partial charge in [-0.05, 0) is 23.9 Å². The number of rotatable bonds is 6. The quantitative estimate of drug-likeness (QED) is 0.671. The molecule has 6 nitrogen and oxygen atoms in total. The molecule has 9 heteroatoms. The van der Waals surface area contributed by atoms with Gasteiger partial charge in [-0.2, -0.15) is 0 Å². The molecule has 1 amide bonds. The van der Waals surface area contributed by atoms with Crippen LogP contribution in [0.25, 0.3) is 0 Å². The summed E-state index contributed by atoms with van der Waals surface area (Å²) < 4.78 is 26.9. The zero-order valence-corrected chi connectivity index (χ0v) is 15.6. The lowest BCUT2D eigenvalue weighted by Crippen LogP contribution is -2.26. The van der Waals surface area contributed by atoms with Crippen LogP contribution in [-0.4, -0.2) is 19.3 Å². The molecule has 2 heterocycles. The lowest BCUT2D eigenvalue weighted by atomic mass is 10.1. The van der Waals surface area contributed by atoms with Crippen LogP contribution < -0.4 is 10.0 Å². The van der Waals surface area contributed by atoms with Gasteiger partial charge >= 0.3 is 0 Å². The third kappa shape index (κ3) is 4.25. The minimum atomic E-state index is -3.66. The van der Waals surface area contributed by atoms with Gasteiger partial charge in [0.1, 0.15) is 9.90 Å². The molecule has 0 aliphatic carbocycles. The van der Waals surface area contributed by atoms with Crippen molar-refractivity contribution in [3.05, 3.63) is 64.5 Å². The van der Waals surface area contributed by atoms with E-state index in [1.165, 1.54) is 11.4 Å². The van der Waals surface area contributed by atoms with Crippen LogP contribution >= 0.6 is 22.7 Å². The van der Waals surface area contributed by atoms with Gasteiger partial charge in [-0.15, -0.1) is 22.7 Å². The highest BCUT2D eigenvalue weighted by molar-refractivity contribution is 7.94.